The fourth-order valence-electron chi connectivity index (χ4n) is 1.95. The van der Waals surface area contributed by atoms with Gasteiger partial charge in [-0.15, -0.1) is 0 Å². The summed E-state index contributed by atoms with van der Waals surface area (Å²) in [5, 5.41) is 0. The molecule has 0 spiro atoms. The van der Waals surface area contributed by atoms with Gasteiger partial charge in [-0.1, -0.05) is 0 Å². The number of benzene rings is 2. The van der Waals surface area contributed by atoms with E-state index < -0.39 is 30.0 Å². The molecule has 0 N–H and O–H groups in total. The van der Waals surface area contributed by atoms with E-state index in [1.807, 2.05) is 0 Å². The number of carbonyl (C=O) groups is 2. The summed E-state index contributed by atoms with van der Waals surface area (Å²) in [7, 11) is 2.84. The molecule has 126 valence electrons. The van der Waals surface area contributed by atoms with Gasteiger partial charge in [0.2, 0.25) is 5.78 Å². The summed E-state index contributed by atoms with van der Waals surface area (Å²) in [4.78, 5) is 24.0. The summed E-state index contributed by atoms with van der Waals surface area (Å²) < 4.78 is 40.9. The van der Waals surface area contributed by atoms with Crippen LogP contribution in [-0.2, 0) is 4.74 Å². The first-order chi connectivity index (χ1) is 11.5. The van der Waals surface area contributed by atoms with Crippen molar-refractivity contribution in [1.82, 2.24) is 0 Å². The minimum atomic E-state index is -1.18. The van der Waals surface area contributed by atoms with E-state index in [0.717, 1.165) is 12.1 Å². The van der Waals surface area contributed by atoms with Crippen molar-refractivity contribution in [2.45, 2.75) is 0 Å². The van der Waals surface area contributed by atoms with Crippen molar-refractivity contribution in [2.75, 3.05) is 20.8 Å². The zero-order valence-corrected chi connectivity index (χ0v) is 13.0. The summed E-state index contributed by atoms with van der Waals surface area (Å²) in [6.07, 6.45) is 0. The third kappa shape index (κ3) is 3.87. The Kier molecular flexibility index (Phi) is 5.47. The zero-order chi connectivity index (χ0) is 17.7. The van der Waals surface area contributed by atoms with Crippen LogP contribution in [0, 0.1) is 11.6 Å². The maximum Gasteiger partial charge on any atom is 0.338 e. The monoisotopic (exact) mass is 336 g/mol. The molecule has 24 heavy (non-hydrogen) atoms. The van der Waals surface area contributed by atoms with Crippen LogP contribution in [0.1, 0.15) is 20.7 Å². The lowest BCUT2D eigenvalue weighted by Gasteiger charge is -2.10. The van der Waals surface area contributed by atoms with Gasteiger partial charge in [0.05, 0.1) is 25.3 Å². The van der Waals surface area contributed by atoms with Crippen LogP contribution in [-0.4, -0.2) is 32.6 Å². The van der Waals surface area contributed by atoms with E-state index in [2.05, 4.69) is 0 Å². The third-order valence-electron chi connectivity index (χ3n) is 3.20. The maximum atomic E-state index is 13.1. The van der Waals surface area contributed by atoms with Gasteiger partial charge in [-0.2, -0.15) is 0 Å². The number of halogens is 2. The fourth-order valence-corrected chi connectivity index (χ4v) is 1.95. The Balaban J connectivity index is 2.10. The molecule has 7 heteroatoms. The number of esters is 1. The lowest BCUT2D eigenvalue weighted by molar-refractivity contribution is 0.0473. The Labute approximate surface area is 136 Å². The van der Waals surface area contributed by atoms with Crippen molar-refractivity contribution < 1.29 is 32.6 Å². The fraction of sp³-hybridized carbons (Fsp3) is 0.176. The number of ether oxygens (including phenoxy) is 3. The predicted molar refractivity (Wildman–Crippen MR) is 80.5 cm³/mol. The van der Waals surface area contributed by atoms with Crippen LogP contribution in [0.15, 0.2) is 36.4 Å². The van der Waals surface area contributed by atoms with Crippen LogP contribution in [0.4, 0.5) is 8.78 Å². The second kappa shape index (κ2) is 7.54. The molecule has 0 unspecified atom stereocenters. The second-order valence-corrected chi connectivity index (χ2v) is 4.69. The molecule has 2 aromatic rings. The van der Waals surface area contributed by atoms with Crippen LogP contribution in [0.5, 0.6) is 11.5 Å². The van der Waals surface area contributed by atoms with E-state index in [-0.39, 0.29) is 11.1 Å². The van der Waals surface area contributed by atoms with Crippen molar-refractivity contribution >= 4 is 11.8 Å². The summed E-state index contributed by atoms with van der Waals surface area (Å²) in [6.45, 7) is -0.582. The highest BCUT2D eigenvalue weighted by Crippen LogP contribution is 2.24. The molecule has 2 rings (SSSR count). The third-order valence-corrected chi connectivity index (χ3v) is 3.20. The van der Waals surface area contributed by atoms with Gasteiger partial charge in [-0.25, -0.2) is 13.6 Å². The van der Waals surface area contributed by atoms with Crippen LogP contribution >= 0.6 is 0 Å². The minimum Gasteiger partial charge on any atom is -0.497 e. The Morgan fingerprint density at radius 1 is 0.958 bits per heavy atom. The number of Topliss-reactive ketones (excluding diaryl/α,β-unsaturated/α-hetero) is 1. The first-order valence-corrected chi connectivity index (χ1v) is 6.83. The normalized spacial score (nSPS) is 10.2. The molecule has 0 aliphatic heterocycles. The minimum absolute atomic E-state index is 0.176. The molecule has 0 fully saturated rings. The first-order valence-electron chi connectivity index (χ1n) is 6.83. The molecule has 0 bridgehead atoms. The number of carbonyl (C=O) groups excluding carboxylic acids is 2. The summed E-state index contributed by atoms with van der Waals surface area (Å²) in [6, 6.07) is 7.18. The molecule has 0 aliphatic carbocycles. The maximum absolute atomic E-state index is 13.1. The van der Waals surface area contributed by atoms with Crippen LogP contribution in [0.25, 0.3) is 0 Å². The van der Waals surface area contributed by atoms with Crippen molar-refractivity contribution in [1.29, 1.82) is 0 Å². The lowest BCUT2D eigenvalue weighted by Crippen LogP contribution is -2.15. The second-order valence-electron chi connectivity index (χ2n) is 4.69. The molecule has 0 atom stereocenters. The standard InChI is InChI=1S/C17H14F2O5/c1-22-11-4-6-16(23-2)12(8-11)15(20)9-24-17(21)10-3-5-13(18)14(19)7-10/h3-8H,9H2,1-2H3. The van der Waals surface area contributed by atoms with Gasteiger partial charge in [0.15, 0.2) is 18.2 Å². The molecule has 0 heterocycles. The Morgan fingerprint density at radius 3 is 2.33 bits per heavy atom. The summed E-state index contributed by atoms with van der Waals surface area (Å²) in [5.41, 5.74) is -0.0192. The van der Waals surface area contributed by atoms with Gasteiger partial charge in [-0.3, -0.25) is 4.79 Å². The summed E-state index contributed by atoms with van der Waals surface area (Å²) >= 11 is 0. The highest BCUT2D eigenvalue weighted by molar-refractivity contribution is 6.01. The van der Waals surface area contributed by atoms with Crippen LogP contribution in [0.2, 0.25) is 0 Å². The molecular weight excluding hydrogens is 322 g/mol. The number of hydrogen-bond donors (Lipinski definition) is 0. The van der Waals surface area contributed by atoms with Crippen molar-refractivity contribution in [3.63, 3.8) is 0 Å². The SMILES string of the molecule is COc1ccc(OC)c(C(=O)COC(=O)c2ccc(F)c(F)c2)c1. The van der Waals surface area contributed by atoms with Gasteiger partial charge in [0.25, 0.3) is 0 Å². The van der Waals surface area contributed by atoms with E-state index in [4.69, 9.17) is 14.2 Å². The van der Waals surface area contributed by atoms with Gasteiger partial charge < -0.3 is 14.2 Å². The van der Waals surface area contributed by atoms with Gasteiger partial charge >= 0.3 is 5.97 Å². The first kappa shape index (κ1) is 17.4. The van der Waals surface area contributed by atoms with Crippen LogP contribution in [0.3, 0.4) is 0 Å². The molecular formula is C17H14F2O5. The van der Waals surface area contributed by atoms with E-state index in [9.17, 15) is 18.4 Å². The highest BCUT2D eigenvalue weighted by atomic mass is 19.2. The van der Waals surface area contributed by atoms with E-state index >= 15 is 0 Å². The molecule has 0 amide bonds. The number of hydrogen-bond acceptors (Lipinski definition) is 5. The smallest absolute Gasteiger partial charge is 0.338 e. The van der Waals surface area contributed by atoms with Crippen molar-refractivity contribution in [3.8, 4) is 11.5 Å². The molecule has 0 saturated heterocycles. The summed E-state index contributed by atoms with van der Waals surface area (Å²) in [5.74, 6) is -2.99. The Hall–Kier alpha value is -2.96. The molecule has 0 aliphatic rings. The molecule has 2 aromatic carbocycles. The lowest BCUT2D eigenvalue weighted by atomic mass is 10.1. The molecule has 0 aromatic heterocycles. The van der Waals surface area contributed by atoms with Gasteiger partial charge in [0, 0.05) is 0 Å². The number of rotatable bonds is 6. The van der Waals surface area contributed by atoms with Gasteiger partial charge in [-0.05, 0) is 36.4 Å². The van der Waals surface area contributed by atoms with E-state index in [1.54, 1.807) is 12.1 Å². The quantitative estimate of drug-likeness (QED) is 0.599. The van der Waals surface area contributed by atoms with Crippen molar-refractivity contribution in [3.05, 3.63) is 59.2 Å². The number of methoxy groups -OCH3 is 2. The zero-order valence-electron chi connectivity index (χ0n) is 13.0. The molecule has 0 radical (unpaired) electrons. The van der Waals surface area contributed by atoms with E-state index in [0.29, 0.717) is 17.6 Å². The molecule has 5 nitrogen and oxygen atoms in total. The topological polar surface area (TPSA) is 61.8 Å². The van der Waals surface area contributed by atoms with E-state index in [1.165, 1.54) is 20.3 Å². The largest absolute Gasteiger partial charge is 0.497 e. The average Bonchev–Trinajstić information content (AvgIpc) is 2.60. The molecule has 0 saturated carbocycles. The Bertz CT molecular complexity index is 774. The number of ketones is 1. The predicted octanol–water partition coefficient (Wildman–Crippen LogP) is 3.02. The Morgan fingerprint density at radius 2 is 1.71 bits per heavy atom. The average molecular weight is 336 g/mol. The van der Waals surface area contributed by atoms with Gasteiger partial charge in [0.1, 0.15) is 11.5 Å². The highest BCUT2D eigenvalue weighted by Gasteiger charge is 2.17. The van der Waals surface area contributed by atoms with Crippen LogP contribution < -0.4 is 9.47 Å². The van der Waals surface area contributed by atoms with Crippen molar-refractivity contribution in [2.24, 2.45) is 0 Å².